The number of carbonyl (C=O) groups is 9. The molecule has 56 heavy (non-hydrogen) atoms. The lowest BCUT2D eigenvalue weighted by Gasteiger charge is -2.31. The number of amides is 6. The van der Waals surface area contributed by atoms with Crippen LogP contribution in [0.1, 0.15) is 131 Å². The first-order valence-corrected chi connectivity index (χ1v) is 19.7. The van der Waals surface area contributed by atoms with Gasteiger partial charge in [-0.25, -0.2) is 4.79 Å². The molecule has 318 valence electrons. The highest BCUT2D eigenvalue weighted by Crippen LogP contribution is 2.27. The lowest BCUT2D eigenvalue weighted by molar-refractivity contribution is -0.143. The molecule has 1 aliphatic carbocycles. The molecule has 0 spiro atoms. The first kappa shape index (κ1) is 49.2. The maximum Gasteiger partial charge on any atom is 0.326 e. The summed E-state index contributed by atoms with van der Waals surface area (Å²) >= 11 is 0. The maximum atomic E-state index is 14.0. The van der Waals surface area contributed by atoms with Crippen LogP contribution >= 0.6 is 0 Å². The van der Waals surface area contributed by atoms with Gasteiger partial charge in [0.2, 0.25) is 35.4 Å². The zero-order valence-corrected chi connectivity index (χ0v) is 33.6. The second-order valence-electron chi connectivity index (χ2n) is 15.2. The lowest BCUT2D eigenvalue weighted by Crippen LogP contribution is -2.61. The molecule has 1 fully saturated rings. The minimum absolute atomic E-state index is 0.0561. The molecule has 0 aliphatic heterocycles. The Labute approximate surface area is 328 Å². The van der Waals surface area contributed by atoms with Crippen molar-refractivity contribution in [3.05, 3.63) is 0 Å². The molecule has 0 bridgehead atoms. The lowest BCUT2D eigenvalue weighted by atomic mass is 9.84. The third kappa shape index (κ3) is 18.7. The predicted molar refractivity (Wildman–Crippen MR) is 204 cm³/mol. The second kappa shape index (κ2) is 25.4. The Hall–Kier alpha value is -4.77. The molecule has 0 saturated heterocycles. The van der Waals surface area contributed by atoms with Gasteiger partial charge in [0.1, 0.15) is 36.3 Å². The van der Waals surface area contributed by atoms with Crippen molar-refractivity contribution >= 4 is 53.4 Å². The van der Waals surface area contributed by atoms with Gasteiger partial charge >= 0.3 is 17.9 Å². The highest BCUT2D eigenvalue weighted by molar-refractivity contribution is 5.97. The van der Waals surface area contributed by atoms with Crippen LogP contribution in [0.25, 0.3) is 0 Å². The van der Waals surface area contributed by atoms with Crippen molar-refractivity contribution in [2.45, 2.75) is 168 Å². The van der Waals surface area contributed by atoms with Crippen molar-refractivity contribution in [3.63, 3.8) is 0 Å². The standard InChI is InChI=1S/C38H64N6O12/c1-7-9-15-26(38(55)56)41-34(51)28(19-24-13-11-10-12-14-24)43-37(54)32(22(5)8-2)44-36(53)27(18-21(3)4)42-33(50)25(16-17-30(46)47)40-35(52)29(20-31(48)49)39-23(6)45/h21-22,24-29,32H,7-20H2,1-6H3,(H,39,45)(H,40,52)(H,41,51)(H,42,50)(H,43,54)(H,44,53)(H,46,47)(H,48,49)(H,55,56)/t22-,25-,26+,27+,28+,29+,32+/m1/s1. The van der Waals surface area contributed by atoms with Gasteiger partial charge in [-0.3, -0.25) is 38.4 Å². The summed E-state index contributed by atoms with van der Waals surface area (Å²) in [7, 11) is 0. The summed E-state index contributed by atoms with van der Waals surface area (Å²) in [6, 6.07) is -7.82. The monoisotopic (exact) mass is 796 g/mol. The summed E-state index contributed by atoms with van der Waals surface area (Å²) in [5.41, 5.74) is 0. The molecule has 9 N–H and O–H groups in total. The Bertz CT molecular complexity index is 1350. The molecule has 18 heteroatoms. The summed E-state index contributed by atoms with van der Waals surface area (Å²) in [5, 5.41) is 43.4. The van der Waals surface area contributed by atoms with Gasteiger partial charge in [-0.05, 0) is 43.4 Å². The second-order valence-corrected chi connectivity index (χ2v) is 15.2. The number of hydrogen-bond acceptors (Lipinski definition) is 9. The van der Waals surface area contributed by atoms with Gasteiger partial charge < -0.3 is 47.2 Å². The van der Waals surface area contributed by atoms with E-state index in [2.05, 4.69) is 31.9 Å². The van der Waals surface area contributed by atoms with E-state index < -0.39 is 115 Å². The number of rotatable bonds is 26. The normalized spacial score (nSPS) is 16.8. The molecule has 0 heterocycles. The van der Waals surface area contributed by atoms with Crippen molar-refractivity contribution in [1.29, 1.82) is 0 Å². The Balaban J connectivity index is 3.37. The van der Waals surface area contributed by atoms with Crippen LogP contribution < -0.4 is 31.9 Å². The molecular weight excluding hydrogens is 732 g/mol. The number of unbranched alkanes of at least 4 members (excludes halogenated alkanes) is 1. The Kier molecular flexibility index (Phi) is 22.3. The Morgan fingerprint density at radius 3 is 1.66 bits per heavy atom. The van der Waals surface area contributed by atoms with Gasteiger partial charge in [0.25, 0.3) is 0 Å². The zero-order valence-electron chi connectivity index (χ0n) is 33.6. The largest absolute Gasteiger partial charge is 0.481 e. The summed E-state index contributed by atoms with van der Waals surface area (Å²) in [6.07, 6.45) is 5.12. The highest BCUT2D eigenvalue weighted by Gasteiger charge is 2.36. The van der Waals surface area contributed by atoms with E-state index >= 15 is 0 Å². The van der Waals surface area contributed by atoms with Crippen LogP contribution in [0, 0.1) is 17.8 Å². The number of hydrogen-bond donors (Lipinski definition) is 9. The molecule has 18 nitrogen and oxygen atoms in total. The van der Waals surface area contributed by atoms with Crippen LogP contribution in [-0.4, -0.2) is 105 Å². The van der Waals surface area contributed by atoms with E-state index in [0.717, 1.165) is 45.4 Å². The summed E-state index contributed by atoms with van der Waals surface area (Å²) in [6.45, 7) is 10.0. The van der Waals surface area contributed by atoms with Gasteiger partial charge in [0, 0.05) is 13.3 Å². The topological polar surface area (TPSA) is 286 Å². The van der Waals surface area contributed by atoms with Gasteiger partial charge in [-0.1, -0.05) is 86.0 Å². The van der Waals surface area contributed by atoms with Crippen molar-refractivity contribution in [2.24, 2.45) is 17.8 Å². The Morgan fingerprint density at radius 2 is 1.14 bits per heavy atom. The van der Waals surface area contributed by atoms with Crippen molar-refractivity contribution < 1.29 is 58.5 Å². The van der Waals surface area contributed by atoms with E-state index in [9.17, 15) is 58.5 Å². The van der Waals surface area contributed by atoms with Crippen LogP contribution in [-0.2, 0) is 43.2 Å². The quantitative estimate of drug-likeness (QED) is 0.0604. The number of nitrogens with one attached hydrogen (secondary N) is 6. The fraction of sp³-hybridized carbons (Fsp3) is 0.763. The van der Waals surface area contributed by atoms with Gasteiger partial charge in [0.15, 0.2) is 0 Å². The SMILES string of the molecule is CCCC[C@H](NC(=O)[C@H](CC1CCCCC1)NC(=O)[C@@H](NC(=O)[C@H](CC(C)C)NC(=O)[C@@H](CCC(=O)O)NC(=O)[C@H](CC(=O)O)NC(C)=O)[C@H](C)CC)C(=O)O. The van der Waals surface area contributed by atoms with E-state index in [0.29, 0.717) is 12.8 Å². The van der Waals surface area contributed by atoms with Gasteiger partial charge in [-0.2, -0.15) is 0 Å². The van der Waals surface area contributed by atoms with Crippen molar-refractivity contribution in [1.82, 2.24) is 31.9 Å². The summed E-state index contributed by atoms with van der Waals surface area (Å²) < 4.78 is 0. The van der Waals surface area contributed by atoms with Crippen LogP contribution in [0.5, 0.6) is 0 Å². The molecule has 0 aromatic heterocycles. The van der Waals surface area contributed by atoms with Gasteiger partial charge in [0.05, 0.1) is 6.42 Å². The average molecular weight is 797 g/mol. The minimum atomic E-state index is -1.58. The fourth-order valence-electron chi connectivity index (χ4n) is 6.56. The van der Waals surface area contributed by atoms with E-state index in [1.807, 2.05) is 6.92 Å². The minimum Gasteiger partial charge on any atom is -0.481 e. The maximum absolute atomic E-state index is 14.0. The average Bonchev–Trinajstić information content (AvgIpc) is 3.11. The van der Waals surface area contributed by atoms with Crippen LogP contribution in [0.4, 0.5) is 0 Å². The van der Waals surface area contributed by atoms with E-state index in [4.69, 9.17) is 0 Å². The first-order valence-electron chi connectivity index (χ1n) is 19.7. The molecule has 6 amide bonds. The first-order chi connectivity index (χ1) is 26.3. The molecule has 1 saturated carbocycles. The van der Waals surface area contributed by atoms with Gasteiger partial charge in [-0.15, -0.1) is 0 Å². The molecular formula is C38H64N6O12. The molecule has 7 atom stereocenters. The molecule has 0 radical (unpaired) electrons. The zero-order chi connectivity index (χ0) is 42.5. The molecule has 1 aliphatic rings. The fourth-order valence-corrected chi connectivity index (χ4v) is 6.56. The van der Waals surface area contributed by atoms with Crippen LogP contribution in [0.15, 0.2) is 0 Å². The smallest absolute Gasteiger partial charge is 0.326 e. The molecule has 0 unspecified atom stereocenters. The highest BCUT2D eigenvalue weighted by atomic mass is 16.4. The van der Waals surface area contributed by atoms with E-state index in [1.54, 1.807) is 27.7 Å². The molecule has 0 aromatic carbocycles. The predicted octanol–water partition coefficient (Wildman–Crippen LogP) is 1.59. The van der Waals surface area contributed by atoms with E-state index in [-0.39, 0.29) is 31.1 Å². The third-order valence-electron chi connectivity index (χ3n) is 9.87. The molecule has 1 rings (SSSR count). The van der Waals surface area contributed by atoms with Crippen LogP contribution in [0.3, 0.4) is 0 Å². The van der Waals surface area contributed by atoms with Crippen molar-refractivity contribution in [2.75, 3.05) is 0 Å². The molecule has 0 aromatic rings. The van der Waals surface area contributed by atoms with E-state index in [1.165, 1.54) is 0 Å². The summed E-state index contributed by atoms with van der Waals surface area (Å²) in [4.78, 5) is 114. The summed E-state index contributed by atoms with van der Waals surface area (Å²) in [5.74, 6) is -9.24. The van der Waals surface area contributed by atoms with Crippen molar-refractivity contribution in [3.8, 4) is 0 Å². The number of carboxylic acid groups (broad SMARTS) is 3. The number of aliphatic carboxylic acids is 3. The van der Waals surface area contributed by atoms with Crippen LogP contribution in [0.2, 0.25) is 0 Å². The Morgan fingerprint density at radius 1 is 0.607 bits per heavy atom. The third-order valence-corrected chi connectivity index (χ3v) is 9.87. The number of carbonyl (C=O) groups excluding carboxylic acids is 6. The number of carboxylic acids is 3.